The van der Waals surface area contributed by atoms with Crippen molar-refractivity contribution in [3.8, 4) is 6.07 Å². The fourth-order valence-corrected chi connectivity index (χ4v) is 3.91. The highest BCUT2D eigenvalue weighted by molar-refractivity contribution is 6.22. The molecule has 8 heteroatoms. The van der Waals surface area contributed by atoms with Crippen molar-refractivity contribution in [2.24, 2.45) is 0 Å². The molecule has 0 unspecified atom stereocenters. The summed E-state index contributed by atoms with van der Waals surface area (Å²) in [6.45, 7) is 0.836. The van der Waals surface area contributed by atoms with E-state index in [9.17, 15) is 24.4 Å². The molecule has 1 heterocycles. The minimum Gasteiger partial charge on any atom is -0.454 e. The maximum atomic E-state index is 12.5. The van der Waals surface area contributed by atoms with Crippen LogP contribution in [0.1, 0.15) is 59.7 Å². The largest absolute Gasteiger partial charge is 0.454 e. The number of likely N-dealkylation sites (N-methyl/N-ethyl adjacent to an activating group) is 1. The molecule has 1 fully saturated rings. The second kappa shape index (κ2) is 8.03. The summed E-state index contributed by atoms with van der Waals surface area (Å²) in [5, 5.41) is 9.58. The molecular formula is C21H23N3O5. The molecule has 1 saturated carbocycles. The van der Waals surface area contributed by atoms with Crippen LogP contribution in [0.2, 0.25) is 0 Å². The smallest absolute Gasteiger partial charge is 0.329 e. The molecule has 8 nitrogen and oxygen atoms in total. The Morgan fingerprint density at radius 1 is 1.17 bits per heavy atom. The average molecular weight is 397 g/mol. The predicted molar refractivity (Wildman–Crippen MR) is 102 cm³/mol. The number of imide groups is 1. The molecule has 1 atom stereocenters. The number of hydrogen-bond acceptors (Lipinski definition) is 6. The zero-order chi connectivity index (χ0) is 21.2. The Kier molecular flexibility index (Phi) is 5.69. The number of hydrogen-bond donors (Lipinski definition) is 0. The molecule has 0 spiro atoms. The van der Waals surface area contributed by atoms with Gasteiger partial charge in [0.1, 0.15) is 11.6 Å². The average Bonchev–Trinajstić information content (AvgIpc) is 3.01. The van der Waals surface area contributed by atoms with Gasteiger partial charge in [-0.05, 0) is 31.9 Å². The van der Waals surface area contributed by atoms with E-state index in [1.807, 2.05) is 0 Å². The van der Waals surface area contributed by atoms with E-state index in [0.29, 0.717) is 12.8 Å². The first kappa shape index (κ1) is 20.5. The molecule has 0 bridgehead atoms. The Labute approximate surface area is 169 Å². The molecule has 0 radical (unpaired) electrons. The highest BCUT2D eigenvalue weighted by atomic mass is 16.5. The van der Waals surface area contributed by atoms with Crippen molar-refractivity contribution >= 4 is 23.7 Å². The van der Waals surface area contributed by atoms with Gasteiger partial charge in [0.2, 0.25) is 0 Å². The van der Waals surface area contributed by atoms with Gasteiger partial charge in [0.15, 0.2) is 6.61 Å². The second-order valence-corrected chi connectivity index (χ2v) is 7.47. The van der Waals surface area contributed by atoms with E-state index in [4.69, 9.17) is 4.74 Å². The van der Waals surface area contributed by atoms with Gasteiger partial charge >= 0.3 is 5.97 Å². The number of fused-ring (bicyclic) bond motifs is 1. The highest BCUT2D eigenvalue weighted by Crippen LogP contribution is 2.32. The molecule has 1 aromatic rings. The van der Waals surface area contributed by atoms with Gasteiger partial charge in [-0.15, -0.1) is 0 Å². The van der Waals surface area contributed by atoms with Gasteiger partial charge in [-0.3, -0.25) is 19.3 Å². The number of benzene rings is 1. The normalized spacial score (nSPS) is 18.6. The van der Waals surface area contributed by atoms with Gasteiger partial charge < -0.3 is 9.64 Å². The van der Waals surface area contributed by atoms with Gasteiger partial charge in [-0.2, -0.15) is 5.26 Å². The lowest BCUT2D eigenvalue weighted by atomic mass is 9.81. The van der Waals surface area contributed by atoms with Crippen LogP contribution in [0.15, 0.2) is 24.3 Å². The molecular weight excluding hydrogens is 374 g/mol. The van der Waals surface area contributed by atoms with Crippen LogP contribution >= 0.6 is 0 Å². The standard InChI is InChI=1S/C21H23N3O5/c1-14(24-18(26)15-8-4-5-9-16(15)19(24)27)20(28)29-12-17(25)23(2)21(13-22)10-6-3-7-11-21/h4-5,8-9,14H,3,6-7,10-12H2,1-2H3/t14-/m0/s1. The van der Waals surface area contributed by atoms with Gasteiger partial charge in [-0.25, -0.2) is 4.79 Å². The van der Waals surface area contributed by atoms with Crippen LogP contribution in [0.5, 0.6) is 0 Å². The first-order valence-electron chi connectivity index (χ1n) is 9.64. The lowest BCUT2D eigenvalue weighted by Gasteiger charge is -2.38. The predicted octanol–water partition coefficient (Wildman–Crippen LogP) is 1.90. The number of nitrogens with zero attached hydrogens (tertiary/aromatic N) is 3. The van der Waals surface area contributed by atoms with Crippen molar-refractivity contribution in [2.75, 3.05) is 13.7 Å². The first-order valence-corrected chi connectivity index (χ1v) is 9.64. The molecule has 1 aromatic carbocycles. The summed E-state index contributed by atoms with van der Waals surface area (Å²) >= 11 is 0. The molecule has 1 aliphatic heterocycles. The summed E-state index contributed by atoms with van der Waals surface area (Å²) in [4.78, 5) is 52.1. The van der Waals surface area contributed by atoms with Crippen LogP contribution in [0.4, 0.5) is 0 Å². The molecule has 0 N–H and O–H groups in total. The van der Waals surface area contributed by atoms with Gasteiger partial charge in [0, 0.05) is 7.05 Å². The van der Waals surface area contributed by atoms with E-state index in [-0.39, 0.29) is 11.1 Å². The van der Waals surface area contributed by atoms with Crippen molar-refractivity contribution in [1.82, 2.24) is 9.80 Å². The SMILES string of the molecule is C[C@@H](C(=O)OCC(=O)N(C)C1(C#N)CCCCC1)N1C(=O)c2ccccc2C1=O. The molecule has 3 rings (SSSR count). The zero-order valence-electron chi connectivity index (χ0n) is 16.5. The van der Waals surface area contributed by atoms with E-state index in [1.54, 1.807) is 12.1 Å². The van der Waals surface area contributed by atoms with Crippen LogP contribution < -0.4 is 0 Å². The van der Waals surface area contributed by atoms with E-state index in [1.165, 1.54) is 31.0 Å². The Balaban J connectivity index is 1.62. The Morgan fingerprint density at radius 2 is 1.72 bits per heavy atom. The quantitative estimate of drug-likeness (QED) is 0.555. The fourth-order valence-electron chi connectivity index (χ4n) is 3.91. The lowest BCUT2D eigenvalue weighted by molar-refractivity contribution is -0.156. The van der Waals surface area contributed by atoms with Crippen LogP contribution in [-0.4, -0.2) is 58.7 Å². The van der Waals surface area contributed by atoms with Crippen molar-refractivity contribution in [1.29, 1.82) is 5.26 Å². The number of carbonyl (C=O) groups is 4. The Morgan fingerprint density at radius 3 is 2.24 bits per heavy atom. The van der Waals surface area contributed by atoms with Crippen LogP contribution in [-0.2, 0) is 14.3 Å². The van der Waals surface area contributed by atoms with E-state index >= 15 is 0 Å². The minimum atomic E-state index is -1.17. The number of ether oxygens (including phenoxy) is 1. The van der Waals surface area contributed by atoms with Gasteiger partial charge in [0.25, 0.3) is 17.7 Å². The minimum absolute atomic E-state index is 0.237. The Bertz CT molecular complexity index is 863. The first-order chi connectivity index (χ1) is 13.8. The van der Waals surface area contributed by atoms with Gasteiger partial charge in [0.05, 0.1) is 17.2 Å². The fraction of sp³-hybridized carbons (Fsp3) is 0.476. The summed E-state index contributed by atoms with van der Waals surface area (Å²) in [5.74, 6) is -2.47. The summed E-state index contributed by atoms with van der Waals surface area (Å²) in [6.07, 6.45) is 3.93. The molecule has 2 aliphatic rings. The number of carbonyl (C=O) groups excluding carboxylic acids is 4. The van der Waals surface area contributed by atoms with E-state index in [0.717, 1.165) is 24.2 Å². The van der Waals surface area contributed by atoms with Crippen molar-refractivity contribution in [3.05, 3.63) is 35.4 Å². The van der Waals surface area contributed by atoms with Crippen LogP contribution in [0.3, 0.4) is 0 Å². The summed E-state index contributed by atoms with van der Waals surface area (Å²) < 4.78 is 5.09. The third-order valence-electron chi connectivity index (χ3n) is 5.80. The maximum Gasteiger partial charge on any atom is 0.329 e. The molecule has 1 aliphatic carbocycles. The Hall–Kier alpha value is -3.21. The van der Waals surface area contributed by atoms with Gasteiger partial charge in [-0.1, -0.05) is 31.4 Å². The number of nitriles is 1. The maximum absolute atomic E-state index is 12.5. The lowest BCUT2D eigenvalue weighted by Crippen LogP contribution is -2.51. The summed E-state index contributed by atoms with van der Waals surface area (Å²) in [5.41, 5.74) is -0.405. The summed E-state index contributed by atoms with van der Waals surface area (Å²) in [7, 11) is 1.54. The molecule has 0 aromatic heterocycles. The van der Waals surface area contributed by atoms with Crippen molar-refractivity contribution < 1.29 is 23.9 Å². The highest BCUT2D eigenvalue weighted by Gasteiger charge is 2.42. The van der Waals surface area contributed by atoms with E-state index in [2.05, 4.69) is 6.07 Å². The van der Waals surface area contributed by atoms with E-state index < -0.39 is 41.9 Å². The monoisotopic (exact) mass is 397 g/mol. The number of amides is 3. The molecule has 29 heavy (non-hydrogen) atoms. The third kappa shape index (κ3) is 3.60. The van der Waals surface area contributed by atoms with Crippen molar-refractivity contribution in [2.45, 2.75) is 50.6 Å². The van der Waals surface area contributed by atoms with Crippen molar-refractivity contribution in [3.63, 3.8) is 0 Å². The molecule has 0 saturated heterocycles. The second-order valence-electron chi connectivity index (χ2n) is 7.47. The van der Waals surface area contributed by atoms with Crippen LogP contribution in [0, 0.1) is 11.3 Å². The summed E-state index contributed by atoms with van der Waals surface area (Å²) in [6, 6.07) is 7.41. The van der Waals surface area contributed by atoms with Crippen LogP contribution in [0.25, 0.3) is 0 Å². The molecule has 3 amide bonds. The zero-order valence-corrected chi connectivity index (χ0v) is 16.5. The third-order valence-corrected chi connectivity index (χ3v) is 5.80. The number of rotatable bonds is 5. The number of esters is 1. The topological polar surface area (TPSA) is 108 Å². The molecule has 152 valence electrons.